The fourth-order valence-electron chi connectivity index (χ4n) is 6.58. The lowest BCUT2D eigenvalue weighted by molar-refractivity contribution is -0.0244. The molecule has 5 heterocycles. The molecule has 1 spiro atoms. The van der Waals surface area contributed by atoms with Gasteiger partial charge in [-0.3, -0.25) is 9.47 Å². The van der Waals surface area contributed by atoms with E-state index in [1.807, 2.05) is 24.5 Å². The minimum absolute atomic E-state index is 0.0760. The maximum atomic E-state index is 13.5. The fourth-order valence-corrected chi connectivity index (χ4v) is 6.58. The predicted octanol–water partition coefficient (Wildman–Crippen LogP) is 5.77. The molecule has 2 aromatic carbocycles. The van der Waals surface area contributed by atoms with Crippen molar-refractivity contribution in [3.63, 3.8) is 0 Å². The van der Waals surface area contributed by atoms with E-state index in [1.54, 1.807) is 0 Å². The number of hydrogen-bond donors (Lipinski definition) is 0. The lowest BCUT2D eigenvalue weighted by Gasteiger charge is -2.51. The number of nitrogens with zero attached hydrogens (tertiary/aromatic N) is 5. The van der Waals surface area contributed by atoms with Crippen molar-refractivity contribution in [1.82, 2.24) is 19.0 Å². The zero-order chi connectivity index (χ0) is 25.1. The molecule has 190 valence electrons. The number of alkyl halides is 1. The molecule has 2 fully saturated rings. The minimum Gasteiger partial charge on any atom is -0.371 e. The summed E-state index contributed by atoms with van der Waals surface area (Å²) in [5, 5.41) is 0. The van der Waals surface area contributed by atoms with Crippen molar-refractivity contribution in [1.29, 1.82) is 0 Å². The van der Waals surface area contributed by atoms with Crippen LogP contribution in [0.1, 0.15) is 25.3 Å². The molecule has 2 aromatic heterocycles. The van der Waals surface area contributed by atoms with Crippen molar-refractivity contribution in [2.75, 3.05) is 37.8 Å². The first kappa shape index (κ1) is 22.7. The molecule has 7 heteroatoms. The molecule has 0 radical (unpaired) electrons. The van der Waals surface area contributed by atoms with Crippen LogP contribution in [-0.4, -0.2) is 57.9 Å². The number of halogens is 2. The average Bonchev–Trinajstić information content (AvgIpc) is 3.62. The molecule has 1 unspecified atom stereocenters. The van der Waals surface area contributed by atoms with Crippen LogP contribution in [0.2, 0.25) is 0 Å². The monoisotopic (exact) mass is 499 g/mol. The van der Waals surface area contributed by atoms with Crippen LogP contribution in [0.4, 0.5) is 14.5 Å². The van der Waals surface area contributed by atoms with Crippen LogP contribution in [0.15, 0.2) is 67.1 Å². The summed E-state index contributed by atoms with van der Waals surface area (Å²) < 4.78 is 31.3. The Hall–Kier alpha value is -3.45. The Labute approximate surface area is 216 Å². The molecule has 5 nitrogen and oxygen atoms in total. The smallest absolute Gasteiger partial charge is 0.161 e. The van der Waals surface area contributed by atoms with Gasteiger partial charge < -0.3 is 9.47 Å². The van der Waals surface area contributed by atoms with Crippen LogP contribution >= 0.6 is 0 Å². The Morgan fingerprint density at radius 3 is 2.65 bits per heavy atom. The van der Waals surface area contributed by atoms with Crippen molar-refractivity contribution < 1.29 is 8.78 Å². The van der Waals surface area contributed by atoms with Gasteiger partial charge in [0.15, 0.2) is 5.82 Å². The summed E-state index contributed by atoms with van der Waals surface area (Å²) in [6.07, 6.45) is 8.06. The van der Waals surface area contributed by atoms with Gasteiger partial charge in [0, 0.05) is 74.0 Å². The largest absolute Gasteiger partial charge is 0.371 e. The van der Waals surface area contributed by atoms with Crippen molar-refractivity contribution in [2.45, 2.75) is 32.4 Å². The number of likely N-dealkylation sites (tertiary alicyclic amines) is 1. The number of aromatic nitrogens is 3. The zero-order valence-electron chi connectivity index (χ0n) is 21.1. The van der Waals surface area contributed by atoms with Gasteiger partial charge in [-0.05, 0) is 60.4 Å². The van der Waals surface area contributed by atoms with Gasteiger partial charge in [-0.1, -0.05) is 19.1 Å². The number of rotatable bonds is 5. The molecule has 3 aliphatic rings. The van der Waals surface area contributed by atoms with Gasteiger partial charge in [-0.25, -0.2) is 13.8 Å². The first-order valence-corrected chi connectivity index (χ1v) is 13.2. The summed E-state index contributed by atoms with van der Waals surface area (Å²) in [7, 11) is 0. The average molecular weight is 500 g/mol. The summed E-state index contributed by atoms with van der Waals surface area (Å²) in [5.41, 5.74) is 7.04. The second-order valence-corrected chi connectivity index (χ2v) is 11.0. The predicted molar refractivity (Wildman–Crippen MR) is 142 cm³/mol. The van der Waals surface area contributed by atoms with E-state index in [-0.39, 0.29) is 18.5 Å². The minimum atomic E-state index is -0.248. The molecule has 7 rings (SSSR count). The van der Waals surface area contributed by atoms with Gasteiger partial charge in [0.2, 0.25) is 0 Å². The highest BCUT2D eigenvalue weighted by Crippen LogP contribution is 2.43. The molecular weight excluding hydrogens is 468 g/mol. The van der Waals surface area contributed by atoms with E-state index in [0.29, 0.717) is 5.41 Å². The number of benzene rings is 2. The van der Waals surface area contributed by atoms with Crippen LogP contribution < -0.4 is 4.90 Å². The maximum Gasteiger partial charge on any atom is 0.161 e. The first-order chi connectivity index (χ1) is 18.1. The summed E-state index contributed by atoms with van der Waals surface area (Å²) in [6, 6.07) is 15.7. The Morgan fingerprint density at radius 2 is 1.86 bits per heavy atom. The molecular formula is C30H31F2N5. The molecule has 4 aromatic rings. The Kier molecular flexibility index (Phi) is 5.25. The topological polar surface area (TPSA) is 29.2 Å². The number of hydrogen-bond acceptors (Lipinski definition) is 3. The summed E-state index contributed by atoms with van der Waals surface area (Å²) in [5.74, 6) is 0.681. The van der Waals surface area contributed by atoms with Crippen molar-refractivity contribution in [2.24, 2.45) is 5.41 Å². The summed E-state index contributed by atoms with van der Waals surface area (Å²) >= 11 is 0. The van der Waals surface area contributed by atoms with Crippen LogP contribution in [0.3, 0.4) is 0 Å². The standard InChI is InChI=1S/C30H31F2N5/c1-2-25(15-31)36-19-30(20-36)9-11-34(18-30)26-7-8-27-23(13-26)17-35-16-22(21-3-5-24(32)6-4-21)14-28(35)29-33-10-12-37(27)29/h3-8,10,12-14,16,25H,2,9,11,15,17-20H2,1H3. The van der Waals surface area contributed by atoms with E-state index in [0.717, 1.165) is 73.9 Å². The van der Waals surface area contributed by atoms with Crippen molar-refractivity contribution in [3.8, 4) is 28.3 Å². The van der Waals surface area contributed by atoms with Crippen LogP contribution in [-0.2, 0) is 6.54 Å². The van der Waals surface area contributed by atoms with E-state index < -0.39 is 0 Å². The molecule has 37 heavy (non-hydrogen) atoms. The lowest BCUT2D eigenvalue weighted by Crippen LogP contribution is -2.61. The van der Waals surface area contributed by atoms with Gasteiger partial charge in [0.25, 0.3) is 0 Å². The maximum absolute atomic E-state index is 13.5. The molecule has 2 saturated heterocycles. The first-order valence-electron chi connectivity index (χ1n) is 13.2. The van der Waals surface area contributed by atoms with Crippen LogP contribution in [0, 0.1) is 11.2 Å². The highest BCUT2D eigenvalue weighted by Gasteiger charge is 2.49. The van der Waals surface area contributed by atoms with Crippen molar-refractivity contribution in [3.05, 3.63) is 78.5 Å². The van der Waals surface area contributed by atoms with E-state index in [4.69, 9.17) is 4.98 Å². The second-order valence-electron chi connectivity index (χ2n) is 11.0. The zero-order valence-corrected chi connectivity index (χ0v) is 21.1. The van der Waals surface area contributed by atoms with Gasteiger partial charge >= 0.3 is 0 Å². The molecule has 0 saturated carbocycles. The Morgan fingerprint density at radius 1 is 1.03 bits per heavy atom. The van der Waals surface area contributed by atoms with Crippen LogP contribution in [0.25, 0.3) is 28.3 Å². The highest BCUT2D eigenvalue weighted by atomic mass is 19.1. The highest BCUT2D eigenvalue weighted by molar-refractivity contribution is 5.72. The van der Waals surface area contributed by atoms with E-state index in [1.165, 1.54) is 23.4 Å². The summed E-state index contributed by atoms with van der Waals surface area (Å²) in [6.45, 7) is 6.66. The molecule has 3 aliphatic heterocycles. The Bertz CT molecular complexity index is 1440. The molecule has 0 bridgehead atoms. The van der Waals surface area contributed by atoms with Crippen molar-refractivity contribution >= 4 is 5.69 Å². The molecule has 0 N–H and O–H groups in total. The van der Waals surface area contributed by atoms with Gasteiger partial charge in [-0.15, -0.1) is 0 Å². The van der Waals surface area contributed by atoms with E-state index >= 15 is 0 Å². The van der Waals surface area contributed by atoms with Gasteiger partial charge in [0.05, 0.1) is 11.4 Å². The third-order valence-corrected chi connectivity index (χ3v) is 8.65. The molecule has 0 aliphatic carbocycles. The second kappa shape index (κ2) is 8.55. The van der Waals surface area contributed by atoms with E-state index in [2.05, 4.69) is 56.3 Å². The molecule has 0 amide bonds. The number of imidazole rings is 1. The number of fused-ring (bicyclic) bond motifs is 5. The van der Waals surface area contributed by atoms with Crippen LogP contribution in [0.5, 0.6) is 0 Å². The lowest BCUT2D eigenvalue weighted by atomic mass is 9.78. The Balaban J connectivity index is 1.18. The summed E-state index contributed by atoms with van der Waals surface area (Å²) in [4.78, 5) is 9.53. The third-order valence-electron chi connectivity index (χ3n) is 8.65. The van der Waals surface area contributed by atoms with Gasteiger partial charge in [-0.2, -0.15) is 0 Å². The quantitative estimate of drug-likeness (QED) is 0.308. The number of anilines is 1. The van der Waals surface area contributed by atoms with E-state index in [9.17, 15) is 8.78 Å². The third kappa shape index (κ3) is 3.71. The SMILES string of the molecule is CCC(CF)N1CC2(CCN(c3ccc4c(c3)Cn3cc(-c5ccc(F)cc5)cc3-c3nccn3-4)C2)C1. The normalized spacial score (nSPS) is 18.7. The fraction of sp³-hybridized carbons (Fsp3) is 0.367. The van der Waals surface area contributed by atoms with Gasteiger partial charge in [0.1, 0.15) is 12.5 Å². The molecule has 1 atom stereocenters.